The Morgan fingerprint density at radius 3 is 3.12 bits per heavy atom. The van der Waals surface area contributed by atoms with Gasteiger partial charge in [-0.25, -0.2) is 4.98 Å². The van der Waals surface area contributed by atoms with E-state index < -0.39 is 0 Å². The van der Waals surface area contributed by atoms with Gasteiger partial charge in [0.05, 0.1) is 5.56 Å². The van der Waals surface area contributed by atoms with E-state index in [1.165, 1.54) is 6.42 Å². The van der Waals surface area contributed by atoms with Gasteiger partial charge >= 0.3 is 0 Å². The van der Waals surface area contributed by atoms with E-state index in [0.29, 0.717) is 11.5 Å². The highest BCUT2D eigenvalue weighted by Crippen LogP contribution is 2.24. The molecule has 1 atom stereocenters. The second-order valence-corrected chi connectivity index (χ2v) is 4.59. The van der Waals surface area contributed by atoms with Crippen LogP contribution in [0.25, 0.3) is 0 Å². The van der Waals surface area contributed by atoms with Gasteiger partial charge in [-0.3, -0.25) is 0 Å². The van der Waals surface area contributed by atoms with Crippen LogP contribution < -0.4 is 10.2 Å². The summed E-state index contributed by atoms with van der Waals surface area (Å²) < 4.78 is 0. The SMILES string of the molecule is CNCC1CCN(c2nc(C)ccc2C#N)C1. The lowest BCUT2D eigenvalue weighted by Gasteiger charge is -2.19. The molecule has 90 valence electrons. The Kier molecular flexibility index (Phi) is 3.60. The maximum absolute atomic E-state index is 9.11. The third kappa shape index (κ3) is 2.56. The number of nitriles is 1. The molecule has 1 saturated heterocycles. The number of hydrogen-bond donors (Lipinski definition) is 1. The van der Waals surface area contributed by atoms with Crippen molar-refractivity contribution in [2.24, 2.45) is 5.92 Å². The average Bonchev–Trinajstić information content (AvgIpc) is 2.78. The van der Waals surface area contributed by atoms with Gasteiger partial charge in [0.1, 0.15) is 11.9 Å². The zero-order chi connectivity index (χ0) is 12.3. The van der Waals surface area contributed by atoms with E-state index in [1.54, 1.807) is 0 Å². The fraction of sp³-hybridized carbons (Fsp3) is 0.538. The van der Waals surface area contributed by atoms with Gasteiger partial charge < -0.3 is 10.2 Å². The summed E-state index contributed by atoms with van der Waals surface area (Å²) in [5.41, 5.74) is 1.65. The first kappa shape index (κ1) is 11.9. The first-order chi connectivity index (χ1) is 8.24. The van der Waals surface area contributed by atoms with Crippen LogP contribution in [0.3, 0.4) is 0 Å². The van der Waals surface area contributed by atoms with Crippen molar-refractivity contribution >= 4 is 5.82 Å². The van der Waals surface area contributed by atoms with Crippen LogP contribution in [-0.4, -0.2) is 31.7 Å². The third-order valence-corrected chi connectivity index (χ3v) is 3.21. The van der Waals surface area contributed by atoms with E-state index in [-0.39, 0.29) is 0 Å². The van der Waals surface area contributed by atoms with Crippen molar-refractivity contribution in [2.75, 3.05) is 31.6 Å². The van der Waals surface area contributed by atoms with Crippen LogP contribution in [0.15, 0.2) is 12.1 Å². The van der Waals surface area contributed by atoms with Crippen molar-refractivity contribution in [1.82, 2.24) is 10.3 Å². The Bertz CT molecular complexity index is 436. The van der Waals surface area contributed by atoms with Crippen LogP contribution in [0, 0.1) is 24.2 Å². The molecule has 4 nitrogen and oxygen atoms in total. The first-order valence-electron chi connectivity index (χ1n) is 6.02. The molecular weight excluding hydrogens is 212 g/mol. The molecule has 1 aromatic heterocycles. The quantitative estimate of drug-likeness (QED) is 0.850. The van der Waals surface area contributed by atoms with Gasteiger partial charge in [-0.2, -0.15) is 5.26 Å². The molecule has 1 aliphatic heterocycles. The Labute approximate surface area is 102 Å². The minimum absolute atomic E-state index is 0.661. The van der Waals surface area contributed by atoms with Gasteiger partial charge in [-0.1, -0.05) is 0 Å². The van der Waals surface area contributed by atoms with Crippen LogP contribution in [0.1, 0.15) is 17.7 Å². The Hall–Kier alpha value is -1.60. The van der Waals surface area contributed by atoms with Crippen molar-refractivity contribution in [3.05, 3.63) is 23.4 Å². The number of nitrogens with zero attached hydrogens (tertiary/aromatic N) is 3. The number of rotatable bonds is 3. The van der Waals surface area contributed by atoms with Crippen molar-refractivity contribution in [2.45, 2.75) is 13.3 Å². The zero-order valence-corrected chi connectivity index (χ0v) is 10.4. The molecule has 4 heteroatoms. The summed E-state index contributed by atoms with van der Waals surface area (Å²) in [7, 11) is 1.98. The summed E-state index contributed by atoms with van der Waals surface area (Å²) in [5.74, 6) is 1.51. The second kappa shape index (κ2) is 5.15. The highest BCUT2D eigenvalue weighted by Gasteiger charge is 2.24. The third-order valence-electron chi connectivity index (χ3n) is 3.21. The number of nitrogens with one attached hydrogen (secondary N) is 1. The fourth-order valence-corrected chi connectivity index (χ4v) is 2.35. The van der Waals surface area contributed by atoms with Gasteiger partial charge in [0.2, 0.25) is 0 Å². The van der Waals surface area contributed by atoms with Crippen molar-refractivity contribution in [3.8, 4) is 6.07 Å². The van der Waals surface area contributed by atoms with Crippen LogP contribution in [0.5, 0.6) is 0 Å². The molecule has 0 saturated carbocycles. The lowest BCUT2D eigenvalue weighted by molar-refractivity contribution is 0.549. The lowest BCUT2D eigenvalue weighted by Crippen LogP contribution is -2.25. The first-order valence-corrected chi connectivity index (χ1v) is 6.02. The number of hydrogen-bond acceptors (Lipinski definition) is 4. The maximum Gasteiger partial charge on any atom is 0.146 e. The Balaban J connectivity index is 2.18. The maximum atomic E-state index is 9.11. The van der Waals surface area contributed by atoms with Crippen molar-refractivity contribution in [1.29, 1.82) is 5.26 Å². The number of pyridine rings is 1. The summed E-state index contributed by atoms with van der Waals surface area (Å²) >= 11 is 0. The van der Waals surface area contributed by atoms with E-state index in [4.69, 9.17) is 5.26 Å². The molecule has 2 heterocycles. The predicted molar refractivity (Wildman–Crippen MR) is 67.9 cm³/mol. The summed E-state index contributed by atoms with van der Waals surface area (Å²) in [6.07, 6.45) is 1.17. The number of aryl methyl sites for hydroxylation is 1. The molecule has 1 unspecified atom stereocenters. The van der Waals surface area contributed by atoms with Gasteiger partial charge in [0, 0.05) is 18.8 Å². The summed E-state index contributed by atoms with van der Waals surface area (Å²) in [6, 6.07) is 5.98. The molecule has 0 spiro atoms. The normalized spacial score (nSPS) is 19.4. The van der Waals surface area contributed by atoms with E-state index in [9.17, 15) is 0 Å². The van der Waals surface area contributed by atoms with Gasteiger partial charge in [-0.05, 0) is 45.0 Å². The van der Waals surface area contributed by atoms with Crippen LogP contribution in [-0.2, 0) is 0 Å². The van der Waals surface area contributed by atoms with Gasteiger partial charge in [-0.15, -0.1) is 0 Å². The summed E-state index contributed by atoms with van der Waals surface area (Å²) in [5, 5.41) is 12.3. The average molecular weight is 230 g/mol. The monoisotopic (exact) mass is 230 g/mol. The second-order valence-electron chi connectivity index (χ2n) is 4.59. The standard InChI is InChI=1S/C13H18N4/c1-10-3-4-12(7-14)13(16-10)17-6-5-11(9-17)8-15-2/h3-4,11,15H,5-6,8-9H2,1-2H3. The highest BCUT2D eigenvalue weighted by atomic mass is 15.2. The van der Waals surface area contributed by atoms with Crippen molar-refractivity contribution < 1.29 is 0 Å². The minimum Gasteiger partial charge on any atom is -0.355 e. The molecule has 0 aliphatic carbocycles. The lowest BCUT2D eigenvalue weighted by atomic mass is 10.1. The predicted octanol–water partition coefficient (Wildman–Crippen LogP) is 1.31. The zero-order valence-electron chi connectivity index (χ0n) is 10.4. The largest absolute Gasteiger partial charge is 0.355 e. The van der Waals surface area contributed by atoms with E-state index >= 15 is 0 Å². The summed E-state index contributed by atoms with van der Waals surface area (Å²) in [6.45, 7) is 4.99. The van der Waals surface area contributed by atoms with Crippen LogP contribution in [0.2, 0.25) is 0 Å². The molecule has 1 aromatic rings. The highest BCUT2D eigenvalue weighted by molar-refractivity contribution is 5.54. The Morgan fingerprint density at radius 1 is 1.59 bits per heavy atom. The Morgan fingerprint density at radius 2 is 2.41 bits per heavy atom. The molecule has 1 fully saturated rings. The molecule has 1 N–H and O–H groups in total. The van der Waals surface area contributed by atoms with Crippen LogP contribution >= 0.6 is 0 Å². The summed E-state index contributed by atoms with van der Waals surface area (Å²) in [4.78, 5) is 6.73. The van der Waals surface area contributed by atoms with Crippen LogP contribution in [0.4, 0.5) is 5.82 Å². The molecule has 17 heavy (non-hydrogen) atoms. The molecular formula is C13H18N4. The van der Waals surface area contributed by atoms with E-state index in [0.717, 1.165) is 31.1 Å². The van der Waals surface area contributed by atoms with E-state index in [1.807, 2.05) is 26.1 Å². The molecule has 0 bridgehead atoms. The molecule has 0 amide bonds. The van der Waals surface area contributed by atoms with E-state index in [2.05, 4.69) is 21.3 Å². The molecule has 0 aromatic carbocycles. The molecule has 0 radical (unpaired) electrons. The van der Waals surface area contributed by atoms with Gasteiger partial charge in [0.15, 0.2) is 0 Å². The topological polar surface area (TPSA) is 52.0 Å². The van der Waals surface area contributed by atoms with Gasteiger partial charge in [0.25, 0.3) is 0 Å². The fourth-order valence-electron chi connectivity index (χ4n) is 2.35. The number of aromatic nitrogens is 1. The minimum atomic E-state index is 0.661. The molecule has 2 rings (SSSR count). The molecule has 1 aliphatic rings. The smallest absolute Gasteiger partial charge is 0.146 e. The number of anilines is 1. The van der Waals surface area contributed by atoms with Crippen molar-refractivity contribution in [3.63, 3.8) is 0 Å².